The molecule has 1 aromatic carbocycles. The van der Waals surface area contributed by atoms with Gasteiger partial charge in [-0.05, 0) is 55.3 Å². The third-order valence-corrected chi connectivity index (χ3v) is 6.92. The second-order valence-electron chi connectivity index (χ2n) is 8.41. The first kappa shape index (κ1) is 23.0. The summed E-state index contributed by atoms with van der Waals surface area (Å²) in [6.45, 7) is 0. The van der Waals surface area contributed by atoms with Crippen molar-refractivity contribution in [2.24, 2.45) is 0 Å². The minimum Gasteiger partial charge on any atom is -0.349 e. The van der Waals surface area contributed by atoms with E-state index in [4.69, 9.17) is 0 Å². The summed E-state index contributed by atoms with van der Waals surface area (Å²) < 4.78 is 43.5. The van der Waals surface area contributed by atoms with Gasteiger partial charge in [0, 0.05) is 29.1 Å². The number of thiophene rings is 1. The van der Waals surface area contributed by atoms with E-state index in [0.717, 1.165) is 33.5 Å². The van der Waals surface area contributed by atoms with Crippen LogP contribution in [0.25, 0.3) is 16.7 Å². The van der Waals surface area contributed by atoms with E-state index in [1.54, 1.807) is 11.4 Å². The Hall–Kier alpha value is -3.73. The fourth-order valence-corrected chi connectivity index (χ4v) is 5.14. The summed E-state index contributed by atoms with van der Waals surface area (Å²) in [5.41, 5.74) is -1.10. The van der Waals surface area contributed by atoms with Crippen molar-refractivity contribution in [2.45, 2.75) is 37.8 Å². The lowest BCUT2D eigenvalue weighted by atomic mass is 9.90. The van der Waals surface area contributed by atoms with Crippen LogP contribution in [0.3, 0.4) is 0 Å². The Kier molecular flexibility index (Phi) is 6.01. The number of fused-ring (bicyclic) bond motifs is 1. The average Bonchev–Trinajstić information content (AvgIpc) is 3.38. The van der Waals surface area contributed by atoms with Crippen LogP contribution in [0, 0.1) is 17.5 Å². The van der Waals surface area contributed by atoms with Gasteiger partial charge in [0.05, 0.1) is 17.3 Å². The number of benzene rings is 1. The molecule has 1 N–H and O–H groups in total. The fourth-order valence-electron chi connectivity index (χ4n) is 4.50. The number of hydrogen-bond donors (Lipinski definition) is 1. The molecule has 7 nitrogen and oxygen atoms in total. The van der Waals surface area contributed by atoms with E-state index < -0.39 is 34.7 Å². The molecule has 0 aliphatic heterocycles. The minimum absolute atomic E-state index is 0.0385. The number of nitrogens with zero attached hydrogens (tertiary/aromatic N) is 3. The molecule has 3 aromatic heterocycles. The second-order valence-corrected chi connectivity index (χ2v) is 9.19. The van der Waals surface area contributed by atoms with E-state index in [2.05, 4.69) is 10.3 Å². The predicted molar refractivity (Wildman–Crippen MR) is 125 cm³/mol. The van der Waals surface area contributed by atoms with E-state index in [9.17, 15) is 27.6 Å². The molecule has 1 aliphatic carbocycles. The third-order valence-electron chi connectivity index (χ3n) is 6.23. The topological polar surface area (TPSA) is 86.0 Å². The molecule has 0 spiro atoms. The Balaban J connectivity index is 1.52. The van der Waals surface area contributed by atoms with Gasteiger partial charge in [0.25, 0.3) is 11.5 Å². The first-order valence-electron chi connectivity index (χ1n) is 10.9. The SMILES string of the molecule is O=C(NC1CCC(n2c(=O)c3cc(F)cnc3n(-c3ccc(F)c(F)c3)c2=O)CC1)c1ccsc1. The van der Waals surface area contributed by atoms with Crippen LogP contribution in [0.2, 0.25) is 0 Å². The standard InChI is InChI=1S/C24H19F3N4O3S/c25-14-9-18-21(28-11-14)30(17-5-6-19(26)20(27)10-17)24(34)31(23(18)33)16-3-1-15(2-4-16)29-22(32)13-7-8-35-12-13/h5-12,15-16H,1-4H2,(H,29,32). The number of carbonyl (C=O) groups is 1. The molecule has 4 aromatic rings. The van der Waals surface area contributed by atoms with E-state index >= 15 is 0 Å². The fraction of sp³-hybridized carbons (Fsp3) is 0.250. The van der Waals surface area contributed by atoms with Crippen molar-refractivity contribution >= 4 is 28.3 Å². The maximum absolute atomic E-state index is 14.0. The number of carbonyl (C=O) groups excluding carboxylic acids is 1. The number of rotatable bonds is 4. The molecule has 5 rings (SSSR count). The predicted octanol–water partition coefficient (Wildman–Crippen LogP) is 3.94. The Morgan fingerprint density at radius 3 is 2.49 bits per heavy atom. The summed E-state index contributed by atoms with van der Waals surface area (Å²) in [5.74, 6) is -3.22. The van der Waals surface area contributed by atoms with Crippen molar-refractivity contribution in [1.29, 1.82) is 0 Å². The summed E-state index contributed by atoms with van der Waals surface area (Å²) in [7, 11) is 0. The molecule has 0 unspecified atom stereocenters. The van der Waals surface area contributed by atoms with Gasteiger partial charge in [-0.25, -0.2) is 27.5 Å². The van der Waals surface area contributed by atoms with Crippen LogP contribution in [-0.2, 0) is 0 Å². The molecule has 0 saturated heterocycles. The molecule has 1 saturated carbocycles. The minimum atomic E-state index is -1.18. The smallest absolute Gasteiger partial charge is 0.337 e. The first-order valence-corrected chi connectivity index (χ1v) is 11.9. The van der Waals surface area contributed by atoms with E-state index in [0.29, 0.717) is 31.2 Å². The molecule has 35 heavy (non-hydrogen) atoms. The van der Waals surface area contributed by atoms with Crippen LogP contribution in [-0.4, -0.2) is 26.1 Å². The average molecular weight is 501 g/mol. The quantitative estimate of drug-likeness (QED) is 0.460. The molecule has 1 amide bonds. The zero-order valence-corrected chi connectivity index (χ0v) is 19.0. The summed E-state index contributed by atoms with van der Waals surface area (Å²) in [5, 5.41) is 6.38. The zero-order valence-electron chi connectivity index (χ0n) is 18.2. The maximum Gasteiger partial charge on any atom is 0.337 e. The van der Waals surface area contributed by atoms with Crippen molar-refractivity contribution < 1.29 is 18.0 Å². The summed E-state index contributed by atoms with van der Waals surface area (Å²) in [6.07, 6.45) is 2.73. The third kappa shape index (κ3) is 4.27. The maximum atomic E-state index is 14.0. The lowest BCUT2D eigenvalue weighted by Gasteiger charge is -2.30. The summed E-state index contributed by atoms with van der Waals surface area (Å²) >= 11 is 1.42. The molecule has 3 heterocycles. The molecule has 0 radical (unpaired) electrons. The van der Waals surface area contributed by atoms with Gasteiger partial charge in [-0.3, -0.25) is 14.2 Å². The summed E-state index contributed by atoms with van der Waals surface area (Å²) in [6, 6.07) is 4.94. The number of amides is 1. The molecule has 11 heteroatoms. The number of hydrogen-bond acceptors (Lipinski definition) is 5. The lowest BCUT2D eigenvalue weighted by molar-refractivity contribution is 0.0922. The highest BCUT2D eigenvalue weighted by atomic mass is 32.1. The highest BCUT2D eigenvalue weighted by Gasteiger charge is 2.28. The number of nitrogens with one attached hydrogen (secondary N) is 1. The van der Waals surface area contributed by atoms with Crippen LogP contribution in [0.15, 0.2) is 56.9 Å². The second kappa shape index (κ2) is 9.14. The lowest BCUT2D eigenvalue weighted by Crippen LogP contribution is -2.45. The monoisotopic (exact) mass is 500 g/mol. The van der Waals surface area contributed by atoms with E-state index in [1.165, 1.54) is 17.4 Å². The van der Waals surface area contributed by atoms with Crippen LogP contribution >= 0.6 is 11.3 Å². The Bertz CT molecular complexity index is 1540. The normalized spacial score (nSPS) is 18.0. The van der Waals surface area contributed by atoms with Gasteiger partial charge in [0.1, 0.15) is 5.82 Å². The molecule has 0 atom stereocenters. The highest BCUT2D eigenvalue weighted by molar-refractivity contribution is 7.08. The number of pyridine rings is 1. The zero-order chi connectivity index (χ0) is 24.7. The van der Waals surface area contributed by atoms with E-state index in [1.807, 2.05) is 5.38 Å². The van der Waals surface area contributed by atoms with Gasteiger partial charge in [0.2, 0.25) is 0 Å². The number of aromatic nitrogens is 3. The molecule has 0 bridgehead atoms. The van der Waals surface area contributed by atoms with Crippen LogP contribution in [0.1, 0.15) is 42.1 Å². The van der Waals surface area contributed by atoms with Crippen LogP contribution < -0.4 is 16.6 Å². The number of halogens is 3. The Morgan fingerprint density at radius 1 is 1.03 bits per heavy atom. The Labute approximate surface area is 200 Å². The van der Waals surface area contributed by atoms with Gasteiger partial charge in [-0.1, -0.05) is 0 Å². The van der Waals surface area contributed by atoms with E-state index in [-0.39, 0.29) is 28.7 Å². The molecular formula is C24H19F3N4O3S. The van der Waals surface area contributed by atoms with Crippen molar-refractivity contribution in [2.75, 3.05) is 0 Å². The summed E-state index contributed by atoms with van der Waals surface area (Å²) in [4.78, 5) is 43.0. The largest absolute Gasteiger partial charge is 0.349 e. The van der Waals surface area contributed by atoms with Crippen molar-refractivity contribution in [1.82, 2.24) is 19.4 Å². The first-order chi connectivity index (χ1) is 16.8. The van der Waals surface area contributed by atoms with Crippen molar-refractivity contribution in [3.8, 4) is 5.69 Å². The molecular weight excluding hydrogens is 481 g/mol. The van der Waals surface area contributed by atoms with Crippen LogP contribution in [0.4, 0.5) is 13.2 Å². The highest BCUT2D eigenvalue weighted by Crippen LogP contribution is 2.28. The molecule has 1 aliphatic rings. The van der Waals surface area contributed by atoms with Crippen LogP contribution in [0.5, 0.6) is 0 Å². The van der Waals surface area contributed by atoms with Gasteiger partial charge in [-0.15, -0.1) is 0 Å². The van der Waals surface area contributed by atoms with Gasteiger partial charge in [-0.2, -0.15) is 11.3 Å². The van der Waals surface area contributed by atoms with Gasteiger partial charge >= 0.3 is 5.69 Å². The molecule has 180 valence electrons. The Morgan fingerprint density at radius 2 is 1.80 bits per heavy atom. The van der Waals surface area contributed by atoms with Crippen molar-refractivity contribution in [3.05, 3.63) is 91.1 Å². The molecule has 1 fully saturated rings. The van der Waals surface area contributed by atoms with Gasteiger partial charge in [0.15, 0.2) is 17.3 Å². The van der Waals surface area contributed by atoms with Crippen molar-refractivity contribution in [3.63, 3.8) is 0 Å². The van der Waals surface area contributed by atoms with Gasteiger partial charge < -0.3 is 5.32 Å².